The summed E-state index contributed by atoms with van der Waals surface area (Å²) in [6.45, 7) is 1.89. The summed E-state index contributed by atoms with van der Waals surface area (Å²) in [6, 6.07) is 19.5. The van der Waals surface area contributed by atoms with Crippen molar-refractivity contribution >= 4 is 11.6 Å². The number of aromatic nitrogens is 1. The number of halogens is 1. The predicted molar refractivity (Wildman–Crippen MR) is 106 cm³/mol. The predicted octanol–water partition coefficient (Wildman–Crippen LogP) is 5.16. The Morgan fingerprint density at radius 1 is 1.04 bits per heavy atom. The van der Waals surface area contributed by atoms with E-state index in [-0.39, 0.29) is 6.10 Å². The van der Waals surface area contributed by atoms with Gasteiger partial charge in [0.05, 0.1) is 6.10 Å². The van der Waals surface area contributed by atoms with Crippen molar-refractivity contribution in [3.8, 4) is 16.9 Å². The number of pyridine rings is 1. The molecule has 1 heterocycles. The molecule has 0 saturated heterocycles. The van der Waals surface area contributed by atoms with Gasteiger partial charge in [-0.2, -0.15) is 0 Å². The number of ether oxygens (including phenoxy) is 1. The van der Waals surface area contributed by atoms with Crippen LogP contribution in [0.15, 0.2) is 73.1 Å². The van der Waals surface area contributed by atoms with Gasteiger partial charge in [-0.1, -0.05) is 41.9 Å². The molecule has 0 aliphatic carbocycles. The topological polar surface area (TPSA) is 42.4 Å². The average Bonchev–Trinajstić information content (AvgIpc) is 2.67. The largest absolute Gasteiger partial charge is 0.488 e. The molecule has 0 unspecified atom stereocenters. The molecule has 0 bridgehead atoms. The molecule has 0 aliphatic rings. The van der Waals surface area contributed by atoms with Crippen molar-refractivity contribution in [1.29, 1.82) is 0 Å². The lowest BCUT2D eigenvalue weighted by Gasteiger charge is -2.20. The van der Waals surface area contributed by atoms with Gasteiger partial charge in [0, 0.05) is 17.4 Å². The van der Waals surface area contributed by atoms with Crippen LogP contribution in [0.3, 0.4) is 0 Å². The molecule has 3 nitrogen and oxygen atoms in total. The van der Waals surface area contributed by atoms with Crippen LogP contribution in [0.25, 0.3) is 11.1 Å². The molecule has 3 aromatic rings. The third kappa shape index (κ3) is 5.07. The molecule has 0 amide bonds. The summed E-state index contributed by atoms with van der Waals surface area (Å²) >= 11 is 6.05. The number of aryl methyl sites for hydroxylation is 1. The van der Waals surface area contributed by atoms with E-state index < -0.39 is 6.10 Å². The highest BCUT2D eigenvalue weighted by Crippen LogP contribution is 2.25. The van der Waals surface area contributed by atoms with E-state index in [9.17, 15) is 5.11 Å². The van der Waals surface area contributed by atoms with E-state index in [1.165, 1.54) is 0 Å². The zero-order valence-electron chi connectivity index (χ0n) is 14.7. The maximum absolute atomic E-state index is 10.3. The number of benzene rings is 2. The first-order valence-corrected chi connectivity index (χ1v) is 9.09. The molecule has 0 saturated carbocycles. The van der Waals surface area contributed by atoms with Gasteiger partial charge in [-0.3, -0.25) is 4.98 Å². The van der Waals surface area contributed by atoms with Crippen molar-refractivity contribution < 1.29 is 9.84 Å². The molecule has 2 atom stereocenters. The van der Waals surface area contributed by atoms with E-state index in [2.05, 4.69) is 4.98 Å². The zero-order chi connectivity index (χ0) is 18.4. The minimum Gasteiger partial charge on any atom is -0.488 e. The Bertz CT molecular complexity index is 821. The van der Waals surface area contributed by atoms with Crippen molar-refractivity contribution in [2.24, 2.45) is 0 Å². The van der Waals surface area contributed by atoms with Gasteiger partial charge in [0.15, 0.2) is 0 Å². The van der Waals surface area contributed by atoms with Crippen LogP contribution in [-0.2, 0) is 6.42 Å². The van der Waals surface area contributed by atoms with Crippen molar-refractivity contribution in [2.45, 2.75) is 32.0 Å². The number of aliphatic hydroxyl groups is 1. The highest BCUT2D eigenvalue weighted by atomic mass is 35.5. The molecular formula is C22H22ClNO2. The second-order valence-electron chi connectivity index (χ2n) is 6.32. The number of aliphatic hydroxyl groups excluding tert-OH is 1. The second kappa shape index (κ2) is 8.84. The fraction of sp³-hybridized carbons (Fsp3) is 0.227. The van der Waals surface area contributed by atoms with Crippen molar-refractivity contribution in [2.75, 3.05) is 0 Å². The third-order valence-corrected chi connectivity index (χ3v) is 4.56. The Balaban J connectivity index is 1.56. The molecule has 1 aromatic heterocycles. The molecule has 4 heteroatoms. The maximum atomic E-state index is 10.3. The normalized spacial score (nSPS) is 13.2. The number of nitrogens with zero attached hydrogens (tertiary/aromatic N) is 1. The molecule has 26 heavy (non-hydrogen) atoms. The summed E-state index contributed by atoms with van der Waals surface area (Å²) < 4.78 is 5.89. The van der Waals surface area contributed by atoms with Crippen LogP contribution >= 0.6 is 11.6 Å². The van der Waals surface area contributed by atoms with Crippen molar-refractivity contribution in [3.05, 3.63) is 83.6 Å². The molecule has 0 radical (unpaired) electrons. The first kappa shape index (κ1) is 18.4. The van der Waals surface area contributed by atoms with Gasteiger partial charge in [-0.15, -0.1) is 0 Å². The van der Waals surface area contributed by atoms with Gasteiger partial charge < -0.3 is 9.84 Å². The minimum atomic E-state index is -0.539. The smallest absolute Gasteiger partial charge is 0.122 e. The fourth-order valence-corrected chi connectivity index (χ4v) is 2.97. The summed E-state index contributed by atoms with van der Waals surface area (Å²) in [5.74, 6) is 0.740. The molecule has 1 N–H and O–H groups in total. The van der Waals surface area contributed by atoms with Crippen molar-refractivity contribution in [3.63, 3.8) is 0 Å². The quantitative estimate of drug-likeness (QED) is 0.627. The van der Waals surface area contributed by atoms with Crippen LogP contribution in [0.4, 0.5) is 0 Å². The summed E-state index contributed by atoms with van der Waals surface area (Å²) in [6.07, 6.45) is 4.15. The van der Waals surface area contributed by atoms with Gasteiger partial charge in [0.2, 0.25) is 0 Å². The fourth-order valence-electron chi connectivity index (χ4n) is 2.78. The standard InChI is InChI=1S/C22H22ClNO2/c1-16(22(25)12-7-17-4-3-13-24-15-17)26-21-10-8-18(9-11-21)19-5-2-6-20(23)14-19/h2-6,8-11,13-16,22,25H,7,12H2,1H3/t16-,22-/m0/s1. The lowest BCUT2D eigenvalue weighted by Crippen LogP contribution is -2.29. The van der Waals surface area contributed by atoms with E-state index in [4.69, 9.17) is 16.3 Å². The third-order valence-electron chi connectivity index (χ3n) is 4.33. The van der Waals surface area contributed by atoms with Gasteiger partial charge >= 0.3 is 0 Å². The molecular weight excluding hydrogens is 346 g/mol. The van der Waals surface area contributed by atoms with Crippen LogP contribution in [0.5, 0.6) is 5.75 Å². The van der Waals surface area contributed by atoms with E-state index in [0.29, 0.717) is 11.4 Å². The van der Waals surface area contributed by atoms with Crippen molar-refractivity contribution in [1.82, 2.24) is 4.98 Å². The Kier molecular flexibility index (Phi) is 6.26. The molecule has 134 valence electrons. The molecule has 0 aliphatic heterocycles. The summed E-state index contributed by atoms with van der Waals surface area (Å²) in [4.78, 5) is 4.09. The Labute approximate surface area is 159 Å². The molecule has 3 rings (SSSR count). The Morgan fingerprint density at radius 2 is 1.85 bits per heavy atom. The van der Waals surface area contributed by atoms with E-state index in [1.807, 2.05) is 73.8 Å². The summed E-state index contributed by atoms with van der Waals surface area (Å²) in [5, 5.41) is 11.1. The highest BCUT2D eigenvalue weighted by Gasteiger charge is 2.16. The second-order valence-corrected chi connectivity index (χ2v) is 6.76. The van der Waals surface area contributed by atoms with Gasteiger partial charge in [0.1, 0.15) is 11.9 Å². The zero-order valence-corrected chi connectivity index (χ0v) is 15.4. The van der Waals surface area contributed by atoms with E-state index >= 15 is 0 Å². The van der Waals surface area contributed by atoms with Crippen LogP contribution < -0.4 is 4.74 Å². The number of hydrogen-bond donors (Lipinski definition) is 1. The average molecular weight is 368 g/mol. The molecule has 0 fully saturated rings. The Morgan fingerprint density at radius 3 is 2.54 bits per heavy atom. The monoisotopic (exact) mass is 367 g/mol. The molecule has 0 spiro atoms. The van der Waals surface area contributed by atoms with E-state index in [1.54, 1.807) is 6.20 Å². The van der Waals surface area contributed by atoms with Gasteiger partial charge in [0.25, 0.3) is 0 Å². The van der Waals surface area contributed by atoms with Gasteiger partial charge in [-0.25, -0.2) is 0 Å². The Hall–Kier alpha value is -2.36. The van der Waals surface area contributed by atoms with Crippen LogP contribution in [0.2, 0.25) is 5.02 Å². The molecule has 2 aromatic carbocycles. The summed E-state index contributed by atoms with van der Waals surface area (Å²) in [7, 11) is 0. The maximum Gasteiger partial charge on any atom is 0.122 e. The number of hydrogen-bond acceptors (Lipinski definition) is 3. The lowest BCUT2D eigenvalue weighted by atomic mass is 10.0. The first-order valence-electron chi connectivity index (χ1n) is 8.71. The summed E-state index contributed by atoms with van der Waals surface area (Å²) in [5.41, 5.74) is 3.25. The van der Waals surface area contributed by atoms with Crippen LogP contribution in [0, 0.1) is 0 Å². The lowest BCUT2D eigenvalue weighted by molar-refractivity contribution is 0.0420. The van der Waals surface area contributed by atoms with E-state index in [0.717, 1.165) is 28.9 Å². The van der Waals surface area contributed by atoms with Crippen LogP contribution in [0.1, 0.15) is 18.9 Å². The highest BCUT2D eigenvalue weighted by molar-refractivity contribution is 6.30. The minimum absolute atomic E-state index is 0.288. The van der Waals surface area contributed by atoms with Crippen LogP contribution in [-0.4, -0.2) is 22.3 Å². The SMILES string of the molecule is C[C@H](Oc1ccc(-c2cccc(Cl)c2)cc1)[C@@H](O)CCc1cccnc1. The van der Waals surface area contributed by atoms with Gasteiger partial charge in [-0.05, 0) is 66.8 Å². The number of rotatable bonds is 7. The first-order chi connectivity index (χ1) is 12.6.